The molecule has 2 N–H and O–H groups in total. The number of hydrogen-bond acceptors (Lipinski definition) is 6. The lowest BCUT2D eigenvalue weighted by Gasteiger charge is -2.32. The lowest BCUT2D eigenvalue weighted by molar-refractivity contribution is -0.136. The summed E-state index contributed by atoms with van der Waals surface area (Å²) in [5, 5.41) is 1.19. The molecule has 0 spiro atoms. The minimum atomic E-state index is -0.692. The van der Waals surface area contributed by atoms with E-state index in [1.54, 1.807) is 12.0 Å². The molecule has 0 radical (unpaired) electrons. The van der Waals surface area contributed by atoms with Crippen molar-refractivity contribution in [2.75, 3.05) is 46.6 Å². The van der Waals surface area contributed by atoms with Gasteiger partial charge in [0.2, 0.25) is 5.91 Å². The summed E-state index contributed by atoms with van der Waals surface area (Å²) in [5.74, 6) is 1.71. The number of piperidine rings is 1. The highest BCUT2D eigenvalue weighted by Crippen LogP contribution is 2.40. The third-order valence-electron chi connectivity index (χ3n) is 9.59. The van der Waals surface area contributed by atoms with Crippen molar-refractivity contribution in [1.82, 2.24) is 28.9 Å². The van der Waals surface area contributed by atoms with Gasteiger partial charge in [0.1, 0.15) is 18.8 Å². The van der Waals surface area contributed by atoms with Crippen LogP contribution in [0.3, 0.4) is 0 Å². The molecule has 1 saturated carbocycles. The maximum atomic E-state index is 13.3. The molecule has 4 aromatic rings. The van der Waals surface area contributed by atoms with E-state index in [1.807, 2.05) is 22.6 Å². The molecule has 1 atom stereocenters. The molecule has 1 aliphatic carbocycles. The van der Waals surface area contributed by atoms with Crippen molar-refractivity contribution in [3.05, 3.63) is 47.2 Å². The van der Waals surface area contributed by atoms with Gasteiger partial charge in [0, 0.05) is 58.7 Å². The van der Waals surface area contributed by atoms with Crippen LogP contribution in [0.25, 0.3) is 33.6 Å². The van der Waals surface area contributed by atoms with Gasteiger partial charge in [-0.2, -0.15) is 0 Å². The number of alkyl halides is 1. The quantitative estimate of drug-likeness (QED) is 0.314. The van der Waals surface area contributed by atoms with E-state index in [1.165, 1.54) is 29.3 Å². The van der Waals surface area contributed by atoms with Crippen LogP contribution >= 0.6 is 0 Å². The van der Waals surface area contributed by atoms with Gasteiger partial charge in [-0.25, -0.2) is 14.4 Å². The number of para-hydroxylation sites is 1. The number of halogens is 1. The first kappa shape index (κ1) is 28.9. The Morgan fingerprint density at radius 3 is 2.66 bits per heavy atom. The normalized spacial score (nSPS) is 18.4. The number of benzene rings is 1. The van der Waals surface area contributed by atoms with E-state index in [-0.39, 0.29) is 25.0 Å². The lowest BCUT2D eigenvalue weighted by Crippen LogP contribution is -2.45. The molecular weight excluding hydrogens is 561 g/mol. The van der Waals surface area contributed by atoms with E-state index in [0.29, 0.717) is 35.9 Å². The predicted molar refractivity (Wildman–Crippen MR) is 166 cm³/mol. The monoisotopic (exact) mass is 601 g/mol. The number of amides is 2. The number of aryl methyl sites for hydroxylation is 1. The second kappa shape index (κ2) is 11.6. The summed E-state index contributed by atoms with van der Waals surface area (Å²) in [6.07, 6.45) is 4.88. The van der Waals surface area contributed by atoms with Crippen molar-refractivity contribution in [3.63, 3.8) is 0 Å². The van der Waals surface area contributed by atoms with Crippen LogP contribution in [0.15, 0.2) is 30.3 Å². The first-order valence-electron chi connectivity index (χ1n) is 15.7. The van der Waals surface area contributed by atoms with Gasteiger partial charge in [0.15, 0.2) is 11.5 Å². The van der Waals surface area contributed by atoms with Gasteiger partial charge in [-0.05, 0) is 55.2 Å². The van der Waals surface area contributed by atoms with Crippen LogP contribution in [0, 0.1) is 5.92 Å². The minimum Gasteiger partial charge on any atom is -0.375 e. The van der Waals surface area contributed by atoms with Crippen molar-refractivity contribution >= 4 is 33.9 Å². The smallest absolute Gasteiger partial charge is 0.255 e. The van der Waals surface area contributed by atoms with E-state index in [0.717, 1.165) is 55.3 Å². The van der Waals surface area contributed by atoms with E-state index >= 15 is 0 Å². The molecule has 7 rings (SSSR count). The zero-order chi connectivity index (χ0) is 30.5. The third-order valence-corrected chi connectivity index (χ3v) is 9.59. The van der Waals surface area contributed by atoms with E-state index in [4.69, 9.17) is 20.4 Å². The number of fused-ring (bicyclic) bond motifs is 3. The number of pyridine rings is 1. The summed E-state index contributed by atoms with van der Waals surface area (Å²) in [6.45, 7) is 2.51. The topological polar surface area (TPSA) is 112 Å². The first-order chi connectivity index (χ1) is 21.4. The minimum absolute atomic E-state index is 0.0541. The van der Waals surface area contributed by atoms with Gasteiger partial charge in [0.05, 0.1) is 28.5 Å². The number of methoxy groups -OCH3 is 1. The second-order valence-corrected chi connectivity index (χ2v) is 12.7. The highest BCUT2D eigenvalue weighted by atomic mass is 19.1. The average Bonchev–Trinajstić information content (AvgIpc) is 3.71. The number of ether oxygens (including phenoxy) is 1. The molecule has 44 heavy (non-hydrogen) atoms. The Kier molecular flexibility index (Phi) is 7.62. The number of likely N-dealkylation sites (tertiary alicyclic amines) is 1. The van der Waals surface area contributed by atoms with Crippen molar-refractivity contribution in [1.29, 1.82) is 0 Å². The van der Waals surface area contributed by atoms with Crippen LogP contribution in [0.5, 0.6) is 0 Å². The molecule has 232 valence electrons. The Hall–Kier alpha value is -3.83. The number of aromatic nitrogens is 4. The van der Waals surface area contributed by atoms with Crippen LogP contribution in [-0.2, 0) is 29.5 Å². The van der Waals surface area contributed by atoms with Crippen molar-refractivity contribution in [2.24, 2.45) is 18.7 Å². The van der Waals surface area contributed by atoms with Crippen molar-refractivity contribution < 1.29 is 18.7 Å². The Bertz CT molecular complexity index is 1730. The SMILES string of the molecule is COCC(=O)N1CCC(c2cccc3cc(-c4nc5cc6c(nc5n4C)CCN(C[C@H](N)CF)C6=O)n(CC4CC4)c23)CC1. The third kappa shape index (κ3) is 5.15. The summed E-state index contributed by atoms with van der Waals surface area (Å²) in [7, 11) is 3.56. The molecule has 3 aromatic heterocycles. The lowest BCUT2D eigenvalue weighted by atomic mass is 9.88. The van der Waals surface area contributed by atoms with Crippen molar-refractivity contribution in [2.45, 2.75) is 50.6 Å². The molecule has 0 unspecified atom stereocenters. The number of imidazole rings is 1. The van der Waals surface area contributed by atoms with Crippen LogP contribution in [0.1, 0.15) is 53.2 Å². The summed E-state index contributed by atoms with van der Waals surface area (Å²) < 4.78 is 22.6. The number of nitrogens with two attached hydrogens (primary N) is 1. The molecule has 1 aromatic carbocycles. The summed E-state index contributed by atoms with van der Waals surface area (Å²) >= 11 is 0. The van der Waals surface area contributed by atoms with Gasteiger partial charge in [0.25, 0.3) is 5.91 Å². The molecule has 2 amide bonds. The average molecular weight is 602 g/mol. The summed E-state index contributed by atoms with van der Waals surface area (Å²) in [5.41, 5.74) is 12.1. The van der Waals surface area contributed by atoms with E-state index in [2.05, 4.69) is 28.8 Å². The van der Waals surface area contributed by atoms with Gasteiger partial charge < -0.3 is 29.4 Å². The second-order valence-electron chi connectivity index (χ2n) is 12.7. The Balaban J connectivity index is 1.27. The number of hydrogen-bond donors (Lipinski definition) is 1. The van der Waals surface area contributed by atoms with Gasteiger partial charge in [-0.15, -0.1) is 0 Å². The van der Waals surface area contributed by atoms with Crippen LogP contribution in [0.2, 0.25) is 0 Å². The molecule has 11 heteroatoms. The number of carbonyl (C=O) groups is 2. The van der Waals surface area contributed by atoms with Gasteiger partial charge >= 0.3 is 0 Å². The molecule has 3 aliphatic rings. The Morgan fingerprint density at radius 1 is 1.14 bits per heavy atom. The Morgan fingerprint density at radius 2 is 1.93 bits per heavy atom. The highest BCUT2D eigenvalue weighted by molar-refractivity contribution is 5.99. The van der Waals surface area contributed by atoms with Gasteiger partial charge in [-0.1, -0.05) is 18.2 Å². The molecule has 2 fully saturated rings. The molecule has 10 nitrogen and oxygen atoms in total. The van der Waals surface area contributed by atoms with Crippen molar-refractivity contribution in [3.8, 4) is 11.5 Å². The number of rotatable bonds is 9. The van der Waals surface area contributed by atoms with Crippen LogP contribution in [-0.4, -0.2) is 93.3 Å². The molecular formula is C33H40FN7O3. The largest absolute Gasteiger partial charge is 0.375 e. The summed E-state index contributed by atoms with van der Waals surface area (Å²) in [6, 6.07) is 9.96. The van der Waals surface area contributed by atoms with Gasteiger partial charge in [-0.3, -0.25) is 9.59 Å². The molecule has 5 heterocycles. The number of carbonyl (C=O) groups excluding carboxylic acids is 2. The summed E-state index contributed by atoms with van der Waals surface area (Å²) in [4.78, 5) is 39.2. The predicted octanol–water partition coefficient (Wildman–Crippen LogP) is 3.65. The fourth-order valence-corrected chi connectivity index (χ4v) is 7.04. The Labute approximate surface area is 256 Å². The first-order valence-corrected chi connectivity index (χ1v) is 15.7. The van der Waals surface area contributed by atoms with Crippen LogP contribution < -0.4 is 5.73 Å². The molecule has 2 aliphatic heterocycles. The maximum absolute atomic E-state index is 13.3. The van der Waals surface area contributed by atoms with Crippen LogP contribution in [0.4, 0.5) is 4.39 Å². The van der Waals surface area contributed by atoms with E-state index < -0.39 is 12.7 Å². The number of nitrogens with zero attached hydrogens (tertiary/aromatic N) is 6. The zero-order valence-corrected chi connectivity index (χ0v) is 25.5. The zero-order valence-electron chi connectivity index (χ0n) is 25.5. The fraction of sp³-hybridized carbons (Fsp3) is 0.515. The molecule has 1 saturated heterocycles. The van der Waals surface area contributed by atoms with E-state index in [9.17, 15) is 14.0 Å². The molecule has 0 bridgehead atoms. The highest BCUT2D eigenvalue weighted by Gasteiger charge is 2.31. The fourth-order valence-electron chi connectivity index (χ4n) is 7.04. The standard InChI is InChI=1S/C33H40FN7O3/c1-38-31-27(15-25-26(36-31)10-13-40(33(25)43)18-23(35)16-34)37-32(38)28-14-22-4-3-5-24(30(22)41(28)17-20-6-7-20)21-8-11-39(12-9-21)29(42)19-44-2/h3-5,14-15,20-21,23H,6-13,16-19,35H2,1-2H3/t23-/m1/s1. The maximum Gasteiger partial charge on any atom is 0.255 e.